The first-order valence-electron chi connectivity index (χ1n) is 10.8. The van der Waals surface area contributed by atoms with E-state index < -0.39 is 4.92 Å². The van der Waals surface area contributed by atoms with Gasteiger partial charge in [-0.15, -0.1) is 0 Å². The van der Waals surface area contributed by atoms with Crippen molar-refractivity contribution in [1.29, 1.82) is 0 Å². The molecule has 0 saturated heterocycles. The molecule has 0 radical (unpaired) electrons. The Kier molecular flexibility index (Phi) is 8.01. The minimum absolute atomic E-state index is 0.0925. The molecule has 0 aliphatic carbocycles. The molecule has 0 atom stereocenters. The second-order valence-corrected chi connectivity index (χ2v) is 8.00. The molecule has 0 aliphatic heterocycles. The summed E-state index contributed by atoms with van der Waals surface area (Å²) in [6.45, 7) is 8.60. The first-order chi connectivity index (χ1) is 15.8. The third kappa shape index (κ3) is 7.06. The summed E-state index contributed by atoms with van der Waals surface area (Å²) in [5, 5.41) is 17.9. The maximum Gasteiger partial charge on any atom is 0.353 e. The average molecular weight is 452 g/mol. The van der Waals surface area contributed by atoms with Gasteiger partial charge in [0.15, 0.2) is 0 Å². The highest BCUT2D eigenvalue weighted by Crippen LogP contribution is 2.30. The van der Waals surface area contributed by atoms with Gasteiger partial charge in [0.2, 0.25) is 11.6 Å². The van der Waals surface area contributed by atoms with Gasteiger partial charge < -0.3 is 20.1 Å². The summed E-state index contributed by atoms with van der Waals surface area (Å²) in [6.07, 6.45) is 1.49. The van der Waals surface area contributed by atoms with E-state index in [0.717, 1.165) is 22.6 Å². The topological polar surface area (TPSA) is 111 Å². The molecule has 0 fully saturated rings. The normalized spacial score (nSPS) is 10.8. The lowest BCUT2D eigenvalue weighted by Crippen LogP contribution is -2.10. The van der Waals surface area contributed by atoms with Crippen molar-refractivity contribution in [3.63, 3.8) is 0 Å². The van der Waals surface area contributed by atoms with Crippen LogP contribution < -0.4 is 20.1 Å². The largest absolute Gasteiger partial charge is 0.491 e. The van der Waals surface area contributed by atoms with E-state index in [1.807, 2.05) is 76.2 Å². The van der Waals surface area contributed by atoms with E-state index in [1.165, 1.54) is 6.33 Å². The SMILES string of the molecule is CC(C)Oc1ccc(CNc2ncnc(NCc3ccc(OC(C)C)cc3)c2[N+](=O)[O-])cc1. The van der Waals surface area contributed by atoms with Crippen LogP contribution >= 0.6 is 0 Å². The molecule has 3 aromatic rings. The molecule has 0 aliphatic rings. The lowest BCUT2D eigenvalue weighted by molar-refractivity contribution is -0.383. The number of benzene rings is 2. The van der Waals surface area contributed by atoms with Gasteiger partial charge >= 0.3 is 5.69 Å². The van der Waals surface area contributed by atoms with Crippen molar-refractivity contribution in [2.75, 3.05) is 10.6 Å². The van der Waals surface area contributed by atoms with E-state index in [-0.39, 0.29) is 29.5 Å². The van der Waals surface area contributed by atoms with Crippen molar-refractivity contribution in [3.05, 3.63) is 76.1 Å². The highest BCUT2D eigenvalue weighted by Gasteiger charge is 2.22. The molecule has 3 rings (SSSR count). The zero-order chi connectivity index (χ0) is 23.8. The van der Waals surface area contributed by atoms with Gasteiger partial charge in [0.1, 0.15) is 17.8 Å². The first kappa shape index (κ1) is 23.8. The summed E-state index contributed by atoms with van der Waals surface area (Å²) in [7, 11) is 0. The number of anilines is 2. The Labute approximate surface area is 193 Å². The standard InChI is InChI=1S/C24H29N5O4/c1-16(2)32-20-9-5-18(6-10-20)13-25-23-22(29(30)31)24(28-15-27-23)26-14-19-7-11-21(12-8-19)33-17(3)4/h5-12,15-17H,13-14H2,1-4H3,(H2,25,26,27,28). The van der Waals surface area contributed by atoms with Gasteiger partial charge in [0.25, 0.3) is 0 Å². The van der Waals surface area contributed by atoms with Crippen LogP contribution in [0.1, 0.15) is 38.8 Å². The highest BCUT2D eigenvalue weighted by atomic mass is 16.6. The van der Waals surface area contributed by atoms with E-state index in [9.17, 15) is 10.1 Å². The number of hydrogen-bond acceptors (Lipinski definition) is 8. The van der Waals surface area contributed by atoms with Crippen LogP contribution in [0.15, 0.2) is 54.9 Å². The minimum atomic E-state index is -0.482. The predicted molar refractivity (Wildman–Crippen MR) is 128 cm³/mol. The Bertz CT molecular complexity index is 978. The van der Waals surface area contributed by atoms with Gasteiger partial charge in [-0.2, -0.15) is 0 Å². The maximum absolute atomic E-state index is 11.8. The minimum Gasteiger partial charge on any atom is -0.491 e. The fourth-order valence-corrected chi connectivity index (χ4v) is 3.10. The summed E-state index contributed by atoms with van der Waals surface area (Å²) in [6, 6.07) is 15.1. The first-order valence-corrected chi connectivity index (χ1v) is 10.8. The van der Waals surface area contributed by atoms with Crippen molar-refractivity contribution in [3.8, 4) is 11.5 Å². The number of nitrogens with zero attached hydrogens (tertiary/aromatic N) is 3. The van der Waals surface area contributed by atoms with Crippen LogP contribution in [0.4, 0.5) is 17.3 Å². The number of nitro groups is 1. The van der Waals surface area contributed by atoms with Gasteiger partial charge in [-0.05, 0) is 63.1 Å². The lowest BCUT2D eigenvalue weighted by atomic mass is 10.2. The molecule has 0 bridgehead atoms. The molecule has 33 heavy (non-hydrogen) atoms. The van der Waals surface area contributed by atoms with E-state index in [4.69, 9.17) is 9.47 Å². The Hall–Kier alpha value is -3.88. The van der Waals surface area contributed by atoms with E-state index in [2.05, 4.69) is 20.6 Å². The van der Waals surface area contributed by atoms with Crippen molar-refractivity contribution < 1.29 is 14.4 Å². The quantitative estimate of drug-likeness (QED) is 0.303. The predicted octanol–water partition coefficient (Wildman–Crippen LogP) is 5.18. The molecular formula is C24H29N5O4. The summed E-state index contributed by atoms with van der Waals surface area (Å²) in [5.41, 5.74) is 1.69. The maximum atomic E-state index is 11.8. The number of hydrogen-bond donors (Lipinski definition) is 2. The third-order valence-corrected chi connectivity index (χ3v) is 4.52. The van der Waals surface area contributed by atoms with Crippen molar-refractivity contribution in [2.45, 2.75) is 53.0 Å². The smallest absolute Gasteiger partial charge is 0.353 e. The van der Waals surface area contributed by atoms with E-state index in [1.54, 1.807) is 0 Å². The zero-order valence-corrected chi connectivity index (χ0v) is 19.2. The second kappa shape index (κ2) is 11.1. The Balaban J connectivity index is 1.67. The highest BCUT2D eigenvalue weighted by molar-refractivity contribution is 5.69. The molecule has 0 amide bonds. The van der Waals surface area contributed by atoms with Gasteiger partial charge in [0.05, 0.1) is 17.1 Å². The van der Waals surface area contributed by atoms with Crippen LogP contribution in [0.2, 0.25) is 0 Å². The zero-order valence-electron chi connectivity index (χ0n) is 19.2. The molecular weight excluding hydrogens is 422 g/mol. The monoisotopic (exact) mass is 451 g/mol. The van der Waals surface area contributed by atoms with Gasteiger partial charge in [-0.1, -0.05) is 24.3 Å². The number of nitrogens with one attached hydrogen (secondary N) is 2. The number of ether oxygens (including phenoxy) is 2. The average Bonchev–Trinajstić information content (AvgIpc) is 2.77. The lowest BCUT2D eigenvalue weighted by Gasteiger charge is -2.12. The third-order valence-electron chi connectivity index (χ3n) is 4.52. The fourth-order valence-electron chi connectivity index (χ4n) is 3.10. The van der Waals surface area contributed by atoms with Gasteiger partial charge in [-0.25, -0.2) is 9.97 Å². The van der Waals surface area contributed by atoms with Crippen LogP contribution in [0.25, 0.3) is 0 Å². The summed E-state index contributed by atoms with van der Waals surface area (Å²) in [4.78, 5) is 19.5. The molecule has 2 aromatic carbocycles. The van der Waals surface area contributed by atoms with Crippen LogP contribution in [-0.4, -0.2) is 27.1 Å². The number of aromatic nitrogens is 2. The molecule has 0 unspecified atom stereocenters. The van der Waals surface area contributed by atoms with Gasteiger partial charge in [0, 0.05) is 13.1 Å². The van der Waals surface area contributed by atoms with E-state index >= 15 is 0 Å². The fraction of sp³-hybridized carbons (Fsp3) is 0.333. The second-order valence-electron chi connectivity index (χ2n) is 8.00. The van der Waals surface area contributed by atoms with Crippen LogP contribution in [0.5, 0.6) is 11.5 Å². The van der Waals surface area contributed by atoms with Crippen LogP contribution in [0, 0.1) is 10.1 Å². The summed E-state index contributed by atoms with van der Waals surface area (Å²) < 4.78 is 11.3. The van der Waals surface area contributed by atoms with Crippen molar-refractivity contribution in [2.24, 2.45) is 0 Å². The van der Waals surface area contributed by atoms with Crippen LogP contribution in [0.3, 0.4) is 0 Å². The summed E-state index contributed by atoms with van der Waals surface area (Å²) >= 11 is 0. The summed E-state index contributed by atoms with van der Waals surface area (Å²) in [5.74, 6) is 1.86. The molecule has 174 valence electrons. The molecule has 1 heterocycles. The van der Waals surface area contributed by atoms with Crippen molar-refractivity contribution >= 4 is 17.3 Å². The van der Waals surface area contributed by atoms with Crippen molar-refractivity contribution in [1.82, 2.24) is 9.97 Å². The Morgan fingerprint density at radius 3 is 1.52 bits per heavy atom. The molecule has 9 heteroatoms. The molecule has 9 nitrogen and oxygen atoms in total. The molecule has 0 spiro atoms. The van der Waals surface area contributed by atoms with Crippen LogP contribution in [-0.2, 0) is 13.1 Å². The Morgan fingerprint density at radius 1 is 0.788 bits per heavy atom. The molecule has 2 N–H and O–H groups in total. The Morgan fingerprint density at radius 2 is 1.18 bits per heavy atom. The number of rotatable bonds is 11. The molecule has 1 aromatic heterocycles. The van der Waals surface area contributed by atoms with Gasteiger partial charge in [-0.3, -0.25) is 10.1 Å². The molecule has 0 saturated carbocycles. The van der Waals surface area contributed by atoms with E-state index in [0.29, 0.717) is 13.1 Å².